The Hall–Kier alpha value is -3.93. The molecule has 0 spiro atoms. The number of nitrogens with zero attached hydrogens (tertiary/aromatic N) is 5. The Morgan fingerprint density at radius 3 is 2.52 bits per heavy atom. The number of benzene rings is 1. The number of hydrogen-bond acceptors (Lipinski definition) is 4. The maximum absolute atomic E-state index is 6.02. The Labute approximate surface area is 168 Å². The minimum atomic E-state index is 0.445. The zero-order valence-corrected chi connectivity index (χ0v) is 15.9. The van der Waals surface area contributed by atoms with Crippen molar-refractivity contribution in [1.82, 2.24) is 24.1 Å². The summed E-state index contributed by atoms with van der Waals surface area (Å²) in [6, 6.07) is 18.2. The Balaban J connectivity index is 1.33. The molecule has 0 fully saturated rings. The van der Waals surface area contributed by atoms with E-state index in [9.17, 15) is 0 Å². The maximum atomic E-state index is 6.02. The molecule has 4 aromatic heterocycles. The fourth-order valence-electron chi connectivity index (χ4n) is 3.30. The smallest absolute Gasteiger partial charge is 0.241 e. The predicted octanol–water partition coefficient (Wildman–Crippen LogP) is 4.38. The first-order valence-corrected chi connectivity index (χ1v) is 9.36. The quantitative estimate of drug-likeness (QED) is 0.453. The number of aromatic nitrogens is 5. The normalized spacial score (nSPS) is 11.1. The summed E-state index contributed by atoms with van der Waals surface area (Å²) in [4.78, 5) is 8.74. The van der Waals surface area contributed by atoms with Crippen LogP contribution in [0.4, 0.5) is 0 Å². The van der Waals surface area contributed by atoms with Crippen LogP contribution in [0.25, 0.3) is 28.0 Å². The number of fused-ring (bicyclic) bond motifs is 1. The summed E-state index contributed by atoms with van der Waals surface area (Å²) in [5.41, 5.74) is 6.03. The van der Waals surface area contributed by atoms with Crippen molar-refractivity contribution < 1.29 is 4.74 Å². The van der Waals surface area contributed by atoms with Crippen LogP contribution < -0.4 is 4.74 Å². The predicted molar refractivity (Wildman–Crippen MR) is 111 cm³/mol. The lowest BCUT2D eigenvalue weighted by Crippen LogP contribution is -1.98. The number of rotatable bonds is 5. The molecule has 0 bridgehead atoms. The molecule has 0 amide bonds. The highest BCUT2D eigenvalue weighted by Crippen LogP contribution is 2.29. The van der Waals surface area contributed by atoms with E-state index in [1.54, 1.807) is 17.1 Å². The SMILES string of the molecule is Cn1cc(-c2ccncc2)c(OCc2ccc(-c3cn4ccccc4n3)cc2)n1. The van der Waals surface area contributed by atoms with Crippen molar-refractivity contribution in [3.05, 3.63) is 91.1 Å². The Bertz CT molecular complexity index is 1220. The Kier molecular flexibility index (Phi) is 4.29. The van der Waals surface area contributed by atoms with Gasteiger partial charge in [-0.25, -0.2) is 4.98 Å². The summed E-state index contributed by atoms with van der Waals surface area (Å²) >= 11 is 0. The first-order valence-electron chi connectivity index (χ1n) is 9.36. The number of pyridine rings is 2. The van der Waals surface area contributed by atoms with Gasteiger partial charge in [0.2, 0.25) is 5.88 Å². The van der Waals surface area contributed by atoms with Crippen LogP contribution in [-0.2, 0) is 13.7 Å². The second kappa shape index (κ2) is 7.24. The Morgan fingerprint density at radius 1 is 0.897 bits per heavy atom. The van der Waals surface area contributed by atoms with Crippen molar-refractivity contribution in [3.8, 4) is 28.3 Å². The van der Waals surface area contributed by atoms with Crippen LogP contribution >= 0.6 is 0 Å². The zero-order chi connectivity index (χ0) is 19.6. The fourth-order valence-corrected chi connectivity index (χ4v) is 3.30. The molecule has 5 aromatic rings. The lowest BCUT2D eigenvalue weighted by atomic mass is 10.1. The topological polar surface area (TPSA) is 57.2 Å². The minimum Gasteiger partial charge on any atom is -0.471 e. The molecule has 142 valence electrons. The van der Waals surface area contributed by atoms with Gasteiger partial charge in [-0.15, -0.1) is 5.10 Å². The molecule has 0 saturated carbocycles. The fraction of sp³-hybridized carbons (Fsp3) is 0.0870. The average Bonchev–Trinajstić information content (AvgIpc) is 3.36. The van der Waals surface area contributed by atoms with Crippen molar-refractivity contribution in [2.24, 2.45) is 7.05 Å². The summed E-state index contributed by atoms with van der Waals surface area (Å²) < 4.78 is 9.80. The molecule has 1 aromatic carbocycles. The van der Waals surface area contributed by atoms with Gasteiger partial charge in [0.25, 0.3) is 0 Å². The molecular weight excluding hydrogens is 362 g/mol. The van der Waals surface area contributed by atoms with Gasteiger partial charge < -0.3 is 9.14 Å². The molecule has 0 unspecified atom stereocenters. The van der Waals surface area contributed by atoms with E-state index in [0.717, 1.165) is 33.6 Å². The molecule has 0 aliphatic carbocycles. The molecule has 0 N–H and O–H groups in total. The number of imidazole rings is 1. The molecule has 0 aliphatic heterocycles. The second-order valence-electron chi connectivity index (χ2n) is 6.84. The molecule has 0 radical (unpaired) electrons. The summed E-state index contributed by atoms with van der Waals surface area (Å²) in [6.07, 6.45) is 9.53. The molecule has 29 heavy (non-hydrogen) atoms. The third kappa shape index (κ3) is 3.48. The van der Waals surface area contributed by atoms with Gasteiger partial charge in [0, 0.05) is 43.6 Å². The van der Waals surface area contributed by atoms with Crippen LogP contribution in [0.1, 0.15) is 5.56 Å². The standard InChI is InChI=1S/C23H19N5O/c1-27-14-20(18-9-11-24-12-10-18)23(26-27)29-16-17-5-7-19(8-6-17)21-15-28-13-3-2-4-22(28)25-21/h2-15H,16H2,1H3. The van der Waals surface area contributed by atoms with E-state index < -0.39 is 0 Å². The van der Waals surface area contributed by atoms with Crippen molar-refractivity contribution in [2.75, 3.05) is 0 Å². The van der Waals surface area contributed by atoms with Crippen molar-refractivity contribution in [3.63, 3.8) is 0 Å². The van der Waals surface area contributed by atoms with Gasteiger partial charge in [0.05, 0.1) is 11.3 Å². The summed E-state index contributed by atoms with van der Waals surface area (Å²) in [5.74, 6) is 0.614. The number of aryl methyl sites for hydroxylation is 1. The van der Waals surface area contributed by atoms with E-state index in [4.69, 9.17) is 4.74 Å². The van der Waals surface area contributed by atoms with Crippen LogP contribution in [0.3, 0.4) is 0 Å². The average molecular weight is 381 g/mol. The van der Waals surface area contributed by atoms with Gasteiger partial charge in [-0.1, -0.05) is 30.3 Å². The highest BCUT2D eigenvalue weighted by atomic mass is 16.5. The lowest BCUT2D eigenvalue weighted by molar-refractivity contribution is 0.292. The third-order valence-corrected chi connectivity index (χ3v) is 4.78. The van der Waals surface area contributed by atoms with E-state index in [2.05, 4.69) is 39.3 Å². The first kappa shape index (κ1) is 17.2. The van der Waals surface area contributed by atoms with Crippen LogP contribution in [0.2, 0.25) is 0 Å². The second-order valence-corrected chi connectivity index (χ2v) is 6.84. The molecule has 6 heteroatoms. The van der Waals surface area contributed by atoms with Crippen molar-refractivity contribution in [2.45, 2.75) is 6.61 Å². The number of ether oxygens (including phenoxy) is 1. The van der Waals surface area contributed by atoms with Crippen LogP contribution in [0.5, 0.6) is 5.88 Å². The van der Waals surface area contributed by atoms with Gasteiger partial charge in [-0.2, -0.15) is 0 Å². The van der Waals surface area contributed by atoms with E-state index in [0.29, 0.717) is 12.5 Å². The largest absolute Gasteiger partial charge is 0.471 e. The molecule has 6 nitrogen and oxygen atoms in total. The van der Waals surface area contributed by atoms with E-state index >= 15 is 0 Å². The number of hydrogen-bond donors (Lipinski definition) is 0. The van der Waals surface area contributed by atoms with E-state index in [1.165, 1.54) is 0 Å². The Morgan fingerprint density at radius 2 is 1.72 bits per heavy atom. The molecule has 0 atom stereocenters. The highest BCUT2D eigenvalue weighted by molar-refractivity contribution is 5.67. The summed E-state index contributed by atoms with van der Waals surface area (Å²) in [6.45, 7) is 0.445. The monoisotopic (exact) mass is 381 g/mol. The highest BCUT2D eigenvalue weighted by Gasteiger charge is 2.12. The van der Waals surface area contributed by atoms with Gasteiger partial charge in [0.15, 0.2) is 0 Å². The van der Waals surface area contributed by atoms with E-state index in [-0.39, 0.29) is 0 Å². The van der Waals surface area contributed by atoms with Gasteiger partial charge in [-0.3, -0.25) is 9.67 Å². The first-order chi connectivity index (χ1) is 14.3. The third-order valence-electron chi connectivity index (χ3n) is 4.78. The summed E-state index contributed by atoms with van der Waals surface area (Å²) in [7, 11) is 1.89. The molecular formula is C23H19N5O. The van der Waals surface area contributed by atoms with Crippen LogP contribution in [0.15, 0.2) is 85.6 Å². The van der Waals surface area contributed by atoms with Gasteiger partial charge in [-0.05, 0) is 35.4 Å². The van der Waals surface area contributed by atoms with Gasteiger partial charge >= 0.3 is 0 Å². The molecule has 4 heterocycles. The van der Waals surface area contributed by atoms with Crippen molar-refractivity contribution >= 4 is 5.65 Å². The zero-order valence-electron chi connectivity index (χ0n) is 15.9. The van der Waals surface area contributed by atoms with E-state index in [1.807, 2.05) is 60.4 Å². The van der Waals surface area contributed by atoms with Gasteiger partial charge in [0.1, 0.15) is 12.3 Å². The van der Waals surface area contributed by atoms with Crippen LogP contribution in [0, 0.1) is 0 Å². The minimum absolute atomic E-state index is 0.445. The molecule has 5 rings (SSSR count). The lowest BCUT2D eigenvalue weighted by Gasteiger charge is -2.06. The molecule has 0 aliphatic rings. The maximum Gasteiger partial charge on any atom is 0.241 e. The van der Waals surface area contributed by atoms with Crippen molar-refractivity contribution in [1.29, 1.82) is 0 Å². The summed E-state index contributed by atoms with van der Waals surface area (Å²) in [5, 5.41) is 4.45. The van der Waals surface area contributed by atoms with Crippen LogP contribution in [-0.4, -0.2) is 24.1 Å². The molecule has 0 saturated heterocycles.